The lowest BCUT2D eigenvalue weighted by molar-refractivity contribution is -0.121. The molecule has 5 nitrogen and oxygen atoms in total. The van der Waals surface area contributed by atoms with Crippen LogP contribution in [0.2, 0.25) is 0 Å². The summed E-state index contributed by atoms with van der Waals surface area (Å²) in [5.74, 6) is 0.668. The number of benzene rings is 1. The Morgan fingerprint density at radius 1 is 1.38 bits per heavy atom. The van der Waals surface area contributed by atoms with Gasteiger partial charge in [-0.1, -0.05) is 12.1 Å². The van der Waals surface area contributed by atoms with Crippen molar-refractivity contribution in [2.75, 3.05) is 43.9 Å². The topological polar surface area (TPSA) is 56.4 Å². The summed E-state index contributed by atoms with van der Waals surface area (Å²) in [6.07, 6.45) is 2.44. The lowest BCUT2D eigenvalue weighted by Gasteiger charge is -2.31. The summed E-state index contributed by atoms with van der Waals surface area (Å²) < 4.78 is 0. The van der Waals surface area contributed by atoms with E-state index in [4.69, 9.17) is 0 Å². The highest BCUT2D eigenvalue weighted by molar-refractivity contribution is 5.88. The van der Waals surface area contributed by atoms with E-state index in [1.807, 2.05) is 24.3 Å². The van der Waals surface area contributed by atoms with Gasteiger partial charge in [0, 0.05) is 19.6 Å². The first-order chi connectivity index (χ1) is 10.2. The second-order valence-corrected chi connectivity index (χ2v) is 6.14. The summed E-state index contributed by atoms with van der Waals surface area (Å²) >= 11 is 0. The zero-order valence-electron chi connectivity index (χ0n) is 12.6. The molecule has 1 saturated heterocycles. The van der Waals surface area contributed by atoms with E-state index in [1.54, 1.807) is 0 Å². The molecule has 0 saturated carbocycles. The second-order valence-electron chi connectivity index (χ2n) is 6.14. The molecule has 5 heteroatoms. The predicted octanol–water partition coefficient (Wildman–Crippen LogP) is 1.35. The van der Waals surface area contributed by atoms with Crippen LogP contribution >= 0.6 is 0 Å². The van der Waals surface area contributed by atoms with Gasteiger partial charge in [-0.2, -0.15) is 0 Å². The summed E-state index contributed by atoms with van der Waals surface area (Å²) in [5, 5.41) is 9.72. The molecule has 2 atom stereocenters. The van der Waals surface area contributed by atoms with E-state index >= 15 is 0 Å². The number of anilines is 2. The minimum Gasteiger partial charge on any atom is -0.381 e. The van der Waals surface area contributed by atoms with Crippen LogP contribution in [0.1, 0.15) is 12.8 Å². The van der Waals surface area contributed by atoms with Crippen LogP contribution in [0.25, 0.3) is 0 Å². The lowest BCUT2D eigenvalue weighted by atomic mass is 9.98. The standard InChI is InChI=1S/C16H24N4O/c1-20-8-4-5-12(11-20)9-18-16(21)15-10-17-13-6-2-3-7-14(13)19-15/h2-3,6-7,12,15,17,19H,4-5,8-11H2,1H3,(H,18,21). The number of hydrogen-bond acceptors (Lipinski definition) is 4. The third-order valence-corrected chi connectivity index (χ3v) is 4.36. The number of rotatable bonds is 3. The van der Waals surface area contributed by atoms with Gasteiger partial charge in [-0.15, -0.1) is 0 Å². The molecule has 1 fully saturated rings. The fourth-order valence-electron chi connectivity index (χ4n) is 3.18. The molecule has 1 aromatic rings. The highest BCUT2D eigenvalue weighted by Crippen LogP contribution is 2.25. The van der Waals surface area contributed by atoms with Crippen molar-refractivity contribution < 1.29 is 4.79 Å². The summed E-state index contributed by atoms with van der Waals surface area (Å²) in [6, 6.07) is 7.80. The maximum absolute atomic E-state index is 12.3. The molecule has 0 radical (unpaired) electrons. The summed E-state index contributed by atoms with van der Waals surface area (Å²) in [5.41, 5.74) is 2.07. The number of para-hydroxylation sites is 2. The molecule has 0 aromatic heterocycles. The van der Waals surface area contributed by atoms with Crippen molar-refractivity contribution in [2.45, 2.75) is 18.9 Å². The highest BCUT2D eigenvalue weighted by Gasteiger charge is 2.24. The largest absolute Gasteiger partial charge is 0.381 e. The van der Waals surface area contributed by atoms with Gasteiger partial charge in [0.2, 0.25) is 5.91 Å². The van der Waals surface area contributed by atoms with E-state index in [2.05, 4.69) is 27.9 Å². The Balaban J connectivity index is 1.50. The molecule has 2 unspecified atom stereocenters. The molecule has 114 valence electrons. The monoisotopic (exact) mass is 288 g/mol. The van der Waals surface area contributed by atoms with Crippen LogP contribution in [-0.2, 0) is 4.79 Å². The molecule has 21 heavy (non-hydrogen) atoms. The van der Waals surface area contributed by atoms with Gasteiger partial charge in [0.05, 0.1) is 11.4 Å². The van der Waals surface area contributed by atoms with Gasteiger partial charge in [-0.3, -0.25) is 4.79 Å². The first-order valence-corrected chi connectivity index (χ1v) is 7.78. The van der Waals surface area contributed by atoms with Crippen LogP contribution in [0.5, 0.6) is 0 Å². The zero-order valence-corrected chi connectivity index (χ0v) is 12.6. The number of amides is 1. The van der Waals surface area contributed by atoms with Gasteiger partial charge < -0.3 is 20.9 Å². The molecule has 2 aliphatic rings. The fourth-order valence-corrected chi connectivity index (χ4v) is 3.18. The number of piperidine rings is 1. The van der Waals surface area contributed by atoms with Crippen LogP contribution < -0.4 is 16.0 Å². The average molecular weight is 288 g/mol. The summed E-state index contributed by atoms with van der Waals surface area (Å²) in [6.45, 7) is 3.67. The number of hydrogen-bond donors (Lipinski definition) is 3. The second kappa shape index (κ2) is 6.35. The lowest BCUT2D eigenvalue weighted by Crippen LogP contribution is -2.48. The molecule has 0 spiro atoms. The third kappa shape index (κ3) is 3.47. The molecule has 1 aromatic carbocycles. The molecule has 3 rings (SSSR count). The van der Waals surface area contributed by atoms with Crippen molar-refractivity contribution in [2.24, 2.45) is 5.92 Å². The van der Waals surface area contributed by atoms with Gasteiger partial charge in [0.1, 0.15) is 6.04 Å². The summed E-state index contributed by atoms with van der Waals surface area (Å²) in [7, 11) is 2.15. The van der Waals surface area contributed by atoms with Gasteiger partial charge in [-0.25, -0.2) is 0 Å². The predicted molar refractivity (Wildman–Crippen MR) is 85.6 cm³/mol. The number of nitrogens with one attached hydrogen (secondary N) is 3. The van der Waals surface area contributed by atoms with Crippen LogP contribution in [0.3, 0.4) is 0 Å². The van der Waals surface area contributed by atoms with Crippen molar-refractivity contribution in [3.8, 4) is 0 Å². The van der Waals surface area contributed by atoms with Crippen LogP contribution in [-0.4, -0.2) is 50.1 Å². The molecular weight excluding hydrogens is 264 g/mol. The third-order valence-electron chi connectivity index (χ3n) is 4.36. The summed E-state index contributed by atoms with van der Waals surface area (Å²) in [4.78, 5) is 14.6. The Labute approximate surface area is 126 Å². The maximum atomic E-state index is 12.3. The molecule has 3 N–H and O–H groups in total. The molecular formula is C16H24N4O. The minimum atomic E-state index is -0.193. The van der Waals surface area contributed by atoms with E-state index in [0.29, 0.717) is 12.5 Å². The number of nitrogens with zero attached hydrogens (tertiary/aromatic N) is 1. The van der Waals surface area contributed by atoms with E-state index in [9.17, 15) is 4.79 Å². The van der Waals surface area contributed by atoms with Gasteiger partial charge in [0.15, 0.2) is 0 Å². The quantitative estimate of drug-likeness (QED) is 0.786. The fraction of sp³-hybridized carbons (Fsp3) is 0.562. The van der Waals surface area contributed by atoms with Crippen molar-refractivity contribution in [3.63, 3.8) is 0 Å². The van der Waals surface area contributed by atoms with Crippen LogP contribution in [0.15, 0.2) is 24.3 Å². The Hall–Kier alpha value is -1.75. The minimum absolute atomic E-state index is 0.0882. The smallest absolute Gasteiger partial charge is 0.244 e. The van der Waals surface area contributed by atoms with Crippen molar-refractivity contribution in [3.05, 3.63) is 24.3 Å². The highest BCUT2D eigenvalue weighted by atomic mass is 16.2. The number of carbonyl (C=O) groups excluding carboxylic acids is 1. The van der Waals surface area contributed by atoms with Crippen LogP contribution in [0.4, 0.5) is 11.4 Å². The SMILES string of the molecule is CN1CCCC(CNC(=O)C2CNc3ccccc3N2)C1. The first-order valence-electron chi connectivity index (χ1n) is 7.78. The normalized spacial score (nSPS) is 25.4. The first kappa shape index (κ1) is 14.2. The van der Waals surface area contributed by atoms with E-state index < -0.39 is 0 Å². The Kier molecular flexibility index (Phi) is 4.29. The van der Waals surface area contributed by atoms with Crippen molar-refractivity contribution >= 4 is 17.3 Å². The Morgan fingerprint density at radius 3 is 3.00 bits per heavy atom. The average Bonchev–Trinajstić information content (AvgIpc) is 2.52. The molecule has 0 bridgehead atoms. The van der Waals surface area contributed by atoms with Gasteiger partial charge in [-0.05, 0) is 44.5 Å². The van der Waals surface area contributed by atoms with Crippen LogP contribution in [0, 0.1) is 5.92 Å². The Bertz CT molecular complexity index is 505. The maximum Gasteiger partial charge on any atom is 0.244 e. The van der Waals surface area contributed by atoms with E-state index in [0.717, 1.165) is 24.5 Å². The van der Waals surface area contributed by atoms with E-state index in [-0.39, 0.29) is 11.9 Å². The van der Waals surface area contributed by atoms with Gasteiger partial charge in [0.25, 0.3) is 0 Å². The molecule has 2 heterocycles. The number of carbonyl (C=O) groups is 1. The van der Waals surface area contributed by atoms with E-state index in [1.165, 1.54) is 19.4 Å². The van der Waals surface area contributed by atoms with Crippen molar-refractivity contribution in [1.82, 2.24) is 10.2 Å². The number of fused-ring (bicyclic) bond motifs is 1. The molecule has 2 aliphatic heterocycles. The Morgan fingerprint density at radius 2 is 2.19 bits per heavy atom. The van der Waals surface area contributed by atoms with Gasteiger partial charge >= 0.3 is 0 Å². The molecule has 0 aliphatic carbocycles. The molecule has 1 amide bonds. The zero-order chi connectivity index (χ0) is 14.7. The van der Waals surface area contributed by atoms with Crippen molar-refractivity contribution in [1.29, 1.82) is 0 Å². The number of likely N-dealkylation sites (tertiary alicyclic amines) is 1.